The summed E-state index contributed by atoms with van der Waals surface area (Å²) in [5, 5.41) is 1.78. The van der Waals surface area contributed by atoms with Crippen molar-refractivity contribution in [2.45, 2.75) is 6.61 Å². The fourth-order valence-corrected chi connectivity index (χ4v) is 4.98. The van der Waals surface area contributed by atoms with Crippen LogP contribution >= 0.6 is 27.7 Å². The van der Waals surface area contributed by atoms with Gasteiger partial charge in [0.05, 0.1) is 11.4 Å². The number of nitrogens with zero attached hydrogens (tertiary/aromatic N) is 1. The largest absolute Gasteiger partial charge is 0.491 e. The van der Waals surface area contributed by atoms with Crippen molar-refractivity contribution in [1.82, 2.24) is 4.90 Å². The second-order valence-corrected chi connectivity index (χ2v) is 10.1. The summed E-state index contributed by atoms with van der Waals surface area (Å²) in [5.41, 5.74) is 1.84. The summed E-state index contributed by atoms with van der Waals surface area (Å²) in [6, 6.07) is 29.2. The van der Waals surface area contributed by atoms with E-state index in [0.717, 1.165) is 43.9 Å². The van der Waals surface area contributed by atoms with Gasteiger partial charge in [-0.25, -0.2) is 0 Å². The number of halogens is 1. The predicted octanol–water partition coefficient (Wildman–Crippen LogP) is 7.30. The van der Waals surface area contributed by atoms with Crippen LogP contribution in [0.2, 0.25) is 0 Å². The quantitative estimate of drug-likeness (QED) is 0.212. The summed E-state index contributed by atoms with van der Waals surface area (Å²) in [5.74, 6) is 1.11. The van der Waals surface area contributed by atoms with Crippen molar-refractivity contribution in [2.24, 2.45) is 0 Å². The van der Waals surface area contributed by atoms with Gasteiger partial charge < -0.3 is 9.47 Å². The second-order valence-electron chi connectivity index (χ2n) is 8.15. The van der Waals surface area contributed by atoms with E-state index in [-0.39, 0.29) is 24.3 Å². The fraction of sp³-hybridized carbons (Fsp3) is 0.103. The first kappa shape index (κ1) is 24.2. The average molecular weight is 560 g/mol. The van der Waals surface area contributed by atoms with Crippen LogP contribution in [0.3, 0.4) is 0 Å². The minimum absolute atomic E-state index is 0.182. The highest BCUT2D eigenvalue weighted by molar-refractivity contribution is 9.10. The van der Waals surface area contributed by atoms with Gasteiger partial charge in [0.2, 0.25) is 0 Å². The predicted molar refractivity (Wildman–Crippen MR) is 147 cm³/mol. The molecule has 2 amide bonds. The molecule has 0 atom stereocenters. The third kappa shape index (κ3) is 5.64. The number of rotatable bonds is 8. The third-order valence-corrected chi connectivity index (χ3v) is 7.11. The second kappa shape index (κ2) is 11.0. The Morgan fingerprint density at radius 3 is 2.50 bits per heavy atom. The van der Waals surface area contributed by atoms with Crippen LogP contribution < -0.4 is 9.47 Å². The van der Waals surface area contributed by atoms with Gasteiger partial charge in [-0.15, -0.1) is 0 Å². The molecular weight excluding hydrogens is 538 g/mol. The first-order chi connectivity index (χ1) is 17.6. The van der Waals surface area contributed by atoms with Crippen LogP contribution in [0.1, 0.15) is 11.1 Å². The van der Waals surface area contributed by atoms with Gasteiger partial charge in [-0.1, -0.05) is 76.6 Å². The Kier molecular flexibility index (Phi) is 7.39. The van der Waals surface area contributed by atoms with E-state index in [9.17, 15) is 9.59 Å². The van der Waals surface area contributed by atoms with E-state index >= 15 is 0 Å². The molecule has 4 aromatic carbocycles. The van der Waals surface area contributed by atoms with Crippen LogP contribution in [0, 0.1) is 0 Å². The lowest BCUT2D eigenvalue weighted by Crippen LogP contribution is -2.32. The Bertz CT molecular complexity index is 1450. The SMILES string of the molecule is O=C1S/C(=C\c2cccc(OCc3ccc(Br)cc3)c2)C(=O)N1CCOc1cccc2ccccc12. The van der Waals surface area contributed by atoms with Crippen molar-refractivity contribution in [3.8, 4) is 11.5 Å². The number of imide groups is 1. The molecule has 0 aliphatic carbocycles. The maximum Gasteiger partial charge on any atom is 0.293 e. The molecule has 0 aromatic heterocycles. The van der Waals surface area contributed by atoms with Gasteiger partial charge in [-0.3, -0.25) is 14.5 Å². The lowest BCUT2D eigenvalue weighted by molar-refractivity contribution is -0.123. The molecule has 5 nitrogen and oxygen atoms in total. The molecule has 0 bridgehead atoms. The van der Waals surface area contributed by atoms with E-state index in [1.165, 1.54) is 4.90 Å². The van der Waals surface area contributed by atoms with Crippen molar-refractivity contribution in [3.05, 3.63) is 112 Å². The van der Waals surface area contributed by atoms with Crippen LogP contribution in [0.15, 0.2) is 100 Å². The standard InChI is InChI=1S/C29H22BrNO4S/c30-23-13-11-20(12-14-23)19-35-24-8-3-5-21(17-24)18-27-28(32)31(29(33)36-27)15-16-34-26-10-4-7-22-6-1-2-9-25(22)26/h1-14,17-18H,15-16,19H2/b27-18-. The van der Waals surface area contributed by atoms with Gasteiger partial charge in [0.1, 0.15) is 24.7 Å². The number of benzene rings is 4. The molecule has 7 heteroatoms. The summed E-state index contributed by atoms with van der Waals surface area (Å²) < 4.78 is 12.8. The highest BCUT2D eigenvalue weighted by atomic mass is 79.9. The van der Waals surface area contributed by atoms with Gasteiger partial charge in [0, 0.05) is 9.86 Å². The number of hydrogen-bond acceptors (Lipinski definition) is 5. The molecular formula is C29H22BrNO4S. The summed E-state index contributed by atoms with van der Waals surface area (Å²) in [6.45, 7) is 0.838. The third-order valence-electron chi connectivity index (χ3n) is 5.67. The number of ether oxygens (including phenoxy) is 2. The Labute approximate surface area is 221 Å². The van der Waals surface area contributed by atoms with Crippen LogP contribution in [-0.2, 0) is 11.4 Å². The molecule has 0 saturated carbocycles. The van der Waals surface area contributed by atoms with Crippen LogP contribution in [0.4, 0.5) is 4.79 Å². The van der Waals surface area contributed by atoms with E-state index < -0.39 is 0 Å². The molecule has 1 aliphatic rings. The number of fused-ring (bicyclic) bond motifs is 1. The van der Waals surface area contributed by atoms with E-state index in [1.807, 2.05) is 91.0 Å². The summed E-state index contributed by atoms with van der Waals surface area (Å²) >= 11 is 4.37. The van der Waals surface area contributed by atoms with Crippen molar-refractivity contribution >= 4 is 55.7 Å². The number of carbonyl (C=O) groups excluding carboxylic acids is 2. The lowest BCUT2D eigenvalue weighted by Gasteiger charge is -2.14. The molecule has 1 aliphatic heterocycles. The molecule has 0 radical (unpaired) electrons. The van der Waals surface area contributed by atoms with Gasteiger partial charge in [-0.2, -0.15) is 0 Å². The summed E-state index contributed by atoms with van der Waals surface area (Å²) in [4.78, 5) is 27.1. The van der Waals surface area contributed by atoms with Crippen LogP contribution in [-0.4, -0.2) is 29.2 Å². The molecule has 36 heavy (non-hydrogen) atoms. The number of thioether (sulfide) groups is 1. The Balaban J connectivity index is 1.21. The van der Waals surface area contributed by atoms with E-state index in [2.05, 4.69) is 15.9 Å². The highest BCUT2D eigenvalue weighted by Gasteiger charge is 2.34. The minimum Gasteiger partial charge on any atom is -0.491 e. The topological polar surface area (TPSA) is 55.8 Å². The van der Waals surface area contributed by atoms with Crippen molar-refractivity contribution in [3.63, 3.8) is 0 Å². The van der Waals surface area contributed by atoms with Crippen molar-refractivity contribution < 1.29 is 19.1 Å². The molecule has 0 N–H and O–H groups in total. The normalized spacial score (nSPS) is 14.6. The monoisotopic (exact) mass is 559 g/mol. The Hall–Kier alpha value is -3.55. The van der Waals surface area contributed by atoms with Crippen LogP contribution in [0.25, 0.3) is 16.8 Å². The number of carbonyl (C=O) groups is 2. The number of hydrogen-bond donors (Lipinski definition) is 0. The zero-order valence-corrected chi connectivity index (χ0v) is 21.6. The van der Waals surface area contributed by atoms with Gasteiger partial charge in [0.25, 0.3) is 11.1 Å². The molecule has 1 fully saturated rings. The molecule has 1 heterocycles. The van der Waals surface area contributed by atoms with E-state index in [4.69, 9.17) is 9.47 Å². The smallest absolute Gasteiger partial charge is 0.293 e. The first-order valence-electron chi connectivity index (χ1n) is 11.4. The minimum atomic E-state index is -0.312. The maximum absolute atomic E-state index is 12.9. The highest BCUT2D eigenvalue weighted by Crippen LogP contribution is 2.33. The Morgan fingerprint density at radius 2 is 1.64 bits per heavy atom. The van der Waals surface area contributed by atoms with E-state index in [1.54, 1.807) is 6.08 Å². The van der Waals surface area contributed by atoms with Crippen molar-refractivity contribution in [1.29, 1.82) is 0 Å². The molecule has 5 rings (SSSR count). The van der Waals surface area contributed by atoms with Gasteiger partial charge >= 0.3 is 0 Å². The molecule has 1 saturated heterocycles. The van der Waals surface area contributed by atoms with Gasteiger partial charge in [-0.05, 0) is 64.7 Å². The molecule has 0 spiro atoms. The molecule has 0 unspecified atom stereocenters. The van der Waals surface area contributed by atoms with Gasteiger partial charge in [0.15, 0.2) is 0 Å². The van der Waals surface area contributed by atoms with Crippen LogP contribution in [0.5, 0.6) is 11.5 Å². The van der Waals surface area contributed by atoms with Crippen molar-refractivity contribution in [2.75, 3.05) is 13.2 Å². The zero-order valence-electron chi connectivity index (χ0n) is 19.2. The average Bonchev–Trinajstić information content (AvgIpc) is 3.16. The lowest BCUT2D eigenvalue weighted by atomic mass is 10.1. The number of amides is 2. The fourth-order valence-electron chi connectivity index (χ4n) is 3.85. The van der Waals surface area contributed by atoms with E-state index in [0.29, 0.717) is 17.3 Å². The molecule has 4 aromatic rings. The first-order valence-corrected chi connectivity index (χ1v) is 13.0. The summed E-state index contributed by atoms with van der Waals surface area (Å²) in [6.07, 6.45) is 1.73. The summed E-state index contributed by atoms with van der Waals surface area (Å²) in [7, 11) is 0. The molecule has 180 valence electrons. The Morgan fingerprint density at radius 1 is 0.861 bits per heavy atom. The zero-order chi connectivity index (χ0) is 24.9. The maximum atomic E-state index is 12.9.